The first-order chi connectivity index (χ1) is 12.4. The lowest BCUT2D eigenvalue weighted by atomic mass is 9.96. The van der Waals surface area contributed by atoms with Crippen LogP contribution in [0, 0.1) is 0 Å². The maximum Gasteiger partial charge on any atom is 0.248 e. The zero-order valence-corrected chi connectivity index (χ0v) is 15.1. The third-order valence-corrected chi connectivity index (χ3v) is 6.26. The summed E-state index contributed by atoms with van der Waals surface area (Å²) in [4.78, 5) is 14.8. The normalized spacial score (nSPS) is 13.0. The molecular weight excluding hydrogens is 352 g/mol. The van der Waals surface area contributed by atoms with E-state index in [4.69, 9.17) is 5.73 Å². The lowest BCUT2D eigenvalue weighted by Gasteiger charge is -2.14. The molecule has 4 N–H and O–H groups in total. The number of nitrogens with one attached hydrogen (secondary N) is 1. The predicted molar refractivity (Wildman–Crippen MR) is 99.9 cm³/mol. The number of benzene rings is 2. The topological polar surface area (TPSA) is 113 Å². The first-order valence-corrected chi connectivity index (χ1v) is 9.87. The van der Waals surface area contributed by atoms with Crippen molar-refractivity contribution >= 4 is 26.6 Å². The third kappa shape index (κ3) is 3.36. The maximum atomic E-state index is 11.9. The lowest BCUT2D eigenvalue weighted by Crippen LogP contribution is -2.10. The first-order valence-electron chi connectivity index (χ1n) is 8.21. The van der Waals surface area contributed by atoms with Gasteiger partial charge in [0.05, 0.1) is 17.3 Å². The van der Waals surface area contributed by atoms with Gasteiger partial charge in [-0.2, -0.15) is 0 Å². The molecule has 0 bridgehead atoms. The van der Waals surface area contributed by atoms with Crippen LogP contribution in [0.1, 0.15) is 34.5 Å². The molecule has 0 aliphatic heterocycles. The fourth-order valence-corrected chi connectivity index (χ4v) is 3.84. The number of aromatic nitrogens is 1. The van der Waals surface area contributed by atoms with Crippen molar-refractivity contribution in [3.8, 4) is 0 Å². The van der Waals surface area contributed by atoms with E-state index in [2.05, 4.69) is 4.98 Å². The maximum absolute atomic E-state index is 11.9. The Hall–Kier alpha value is -2.64. The minimum atomic E-state index is -3.26. The quantitative estimate of drug-likeness (QED) is 0.615. The number of rotatable bonds is 6. The Morgan fingerprint density at radius 1 is 1.15 bits per heavy atom. The molecule has 3 rings (SSSR count). The average Bonchev–Trinajstić information content (AvgIpc) is 3.05. The Kier molecular flexibility index (Phi) is 4.84. The summed E-state index contributed by atoms with van der Waals surface area (Å²) in [5.41, 5.74) is 8.12. The fraction of sp³-hybridized carbons (Fsp3) is 0.211. The van der Waals surface area contributed by atoms with Crippen LogP contribution in [0.2, 0.25) is 0 Å². The highest BCUT2D eigenvalue weighted by atomic mass is 32.2. The van der Waals surface area contributed by atoms with Gasteiger partial charge in [0.25, 0.3) is 0 Å². The molecule has 0 saturated carbocycles. The summed E-state index contributed by atoms with van der Waals surface area (Å²) in [6.07, 6.45) is 0. The van der Waals surface area contributed by atoms with E-state index in [1.807, 2.05) is 6.07 Å². The van der Waals surface area contributed by atoms with Crippen LogP contribution in [0.4, 0.5) is 0 Å². The molecule has 1 aromatic heterocycles. The smallest absolute Gasteiger partial charge is 0.248 e. The van der Waals surface area contributed by atoms with Crippen LogP contribution in [-0.4, -0.2) is 36.8 Å². The van der Waals surface area contributed by atoms with Crippen LogP contribution in [0.25, 0.3) is 10.9 Å². The molecule has 0 unspecified atom stereocenters. The van der Waals surface area contributed by atoms with E-state index in [0.717, 1.165) is 22.2 Å². The zero-order valence-electron chi connectivity index (χ0n) is 14.3. The number of nitrogens with two attached hydrogens (primary N) is 1. The molecule has 1 atom stereocenters. The van der Waals surface area contributed by atoms with Gasteiger partial charge in [0.2, 0.25) is 5.91 Å². The van der Waals surface area contributed by atoms with Crippen LogP contribution in [0.15, 0.2) is 53.4 Å². The summed E-state index contributed by atoms with van der Waals surface area (Å²) in [6, 6.07) is 13.5. The number of fused-ring (bicyclic) bond motifs is 1. The second-order valence-electron chi connectivity index (χ2n) is 6.10. The molecule has 26 heavy (non-hydrogen) atoms. The third-order valence-electron chi connectivity index (χ3n) is 4.51. The van der Waals surface area contributed by atoms with E-state index in [-0.39, 0.29) is 23.2 Å². The molecule has 7 heteroatoms. The Balaban J connectivity index is 1.98. The monoisotopic (exact) mass is 372 g/mol. The number of aromatic amines is 1. The van der Waals surface area contributed by atoms with Crippen LogP contribution in [0.5, 0.6) is 0 Å². The molecular formula is C19H20N2O4S. The van der Waals surface area contributed by atoms with Gasteiger partial charge in [-0.1, -0.05) is 19.1 Å². The van der Waals surface area contributed by atoms with Crippen molar-refractivity contribution < 1.29 is 18.3 Å². The summed E-state index contributed by atoms with van der Waals surface area (Å²) in [6.45, 7) is 1.46. The Morgan fingerprint density at radius 2 is 1.85 bits per heavy atom. The molecule has 0 radical (unpaired) electrons. The van der Waals surface area contributed by atoms with Crippen molar-refractivity contribution in [2.75, 3.05) is 12.4 Å². The van der Waals surface area contributed by atoms with E-state index in [0.29, 0.717) is 5.56 Å². The predicted octanol–water partition coefficient (Wildman–Crippen LogP) is 2.18. The SMILES string of the molecule is CCS(=O)(=O)c1ccc([C@@H](CO)c2cc3cc(C(N)=O)ccc3[nH]2)cc1. The van der Waals surface area contributed by atoms with Crippen molar-refractivity contribution in [3.05, 3.63) is 65.4 Å². The lowest BCUT2D eigenvalue weighted by molar-refractivity contribution is 0.100. The highest BCUT2D eigenvalue weighted by molar-refractivity contribution is 7.91. The molecule has 2 aromatic carbocycles. The van der Waals surface area contributed by atoms with Crippen LogP contribution >= 0.6 is 0 Å². The van der Waals surface area contributed by atoms with Gasteiger partial charge in [-0.3, -0.25) is 4.79 Å². The summed E-state index contributed by atoms with van der Waals surface area (Å²) >= 11 is 0. The second-order valence-corrected chi connectivity index (χ2v) is 8.38. The Bertz CT molecular complexity index is 1050. The van der Waals surface area contributed by atoms with Gasteiger partial charge >= 0.3 is 0 Å². The summed E-state index contributed by atoms with van der Waals surface area (Å²) in [5, 5.41) is 10.7. The molecule has 6 nitrogen and oxygen atoms in total. The Labute approximate surface area is 151 Å². The molecule has 1 heterocycles. The van der Waals surface area contributed by atoms with Crippen LogP contribution < -0.4 is 5.73 Å². The number of sulfone groups is 1. The highest BCUT2D eigenvalue weighted by Gasteiger charge is 2.18. The molecule has 3 aromatic rings. The van der Waals surface area contributed by atoms with Gasteiger partial charge in [-0.25, -0.2) is 8.42 Å². The van der Waals surface area contributed by atoms with Crippen LogP contribution in [-0.2, 0) is 9.84 Å². The summed E-state index contributed by atoms with van der Waals surface area (Å²) < 4.78 is 23.9. The number of carbonyl (C=O) groups is 1. The van der Waals surface area contributed by atoms with Gasteiger partial charge in [0.15, 0.2) is 9.84 Å². The van der Waals surface area contributed by atoms with Crippen LogP contribution in [0.3, 0.4) is 0 Å². The number of amides is 1. The van der Waals surface area contributed by atoms with Gasteiger partial charge in [0, 0.05) is 28.1 Å². The number of carbonyl (C=O) groups excluding carboxylic acids is 1. The number of aliphatic hydroxyl groups excluding tert-OH is 1. The van der Waals surface area contributed by atoms with E-state index in [1.165, 1.54) is 0 Å². The molecule has 0 spiro atoms. The molecule has 1 amide bonds. The number of H-pyrrole nitrogens is 1. The first kappa shape index (κ1) is 18.2. The van der Waals surface area contributed by atoms with E-state index in [9.17, 15) is 18.3 Å². The molecule has 0 aliphatic rings. The number of aliphatic hydroxyl groups is 1. The minimum Gasteiger partial charge on any atom is -0.395 e. The summed E-state index contributed by atoms with van der Waals surface area (Å²) in [5.74, 6) is -0.793. The standard InChI is InChI=1S/C19H20N2O4S/c1-2-26(24,25)15-6-3-12(4-7-15)16(11-22)18-10-14-9-13(19(20)23)5-8-17(14)21-18/h3-10,16,21-22H,2,11H2,1H3,(H2,20,23)/t16-/m1/s1. The van der Waals surface area contributed by atoms with Crippen molar-refractivity contribution in [2.45, 2.75) is 17.7 Å². The largest absolute Gasteiger partial charge is 0.395 e. The van der Waals surface area contributed by atoms with Gasteiger partial charge in [0.1, 0.15) is 0 Å². The van der Waals surface area contributed by atoms with Crippen molar-refractivity contribution in [2.24, 2.45) is 5.73 Å². The minimum absolute atomic E-state index is 0.0417. The molecule has 0 fully saturated rings. The van der Waals surface area contributed by atoms with Gasteiger partial charge in [-0.05, 0) is 42.0 Å². The molecule has 136 valence electrons. The number of primary amides is 1. The van der Waals surface area contributed by atoms with Crippen molar-refractivity contribution in [1.29, 1.82) is 0 Å². The van der Waals surface area contributed by atoms with Gasteiger partial charge < -0.3 is 15.8 Å². The molecule has 0 aliphatic carbocycles. The van der Waals surface area contributed by atoms with E-state index in [1.54, 1.807) is 49.4 Å². The summed E-state index contributed by atoms with van der Waals surface area (Å²) in [7, 11) is -3.26. The van der Waals surface area contributed by atoms with Gasteiger partial charge in [-0.15, -0.1) is 0 Å². The van der Waals surface area contributed by atoms with Crippen molar-refractivity contribution in [1.82, 2.24) is 4.98 Å². The molecule has 0 saturated heterocycles. The van der Waals surface area contributed by atoms with Crippen molar-refractivity contribution in [3.63, 3.8) is 0 Å². The highest BCUT2D eigenvalue weighted by Crippen LogP contribution is 2.28. The van der Waals surface area contributed by atoms with E-state index < -0.39 is 15.7 Å². The average molecular weight is 372 g/mol. The fourth-order valence-electron chi connectivity index (χ4n) is 2.95. The zero-order chi connectivity index (χ0) is 18.9. The second kappa shape index (κ2) is 6.93. The number of hydrogen-bond acceptors (Lipinski definition) is 4. The van der Waals surface area contributed by atoms with E-state index >= 15 is 0 Å². The number of hydrogen-bond donors (Lipinski definition) is 3. The Morgan fingerprint density at radius 3 is 2.42 bits per heavy atom.